The number of nitrogens with one attached hydrogen (secondary N) is 1. The fourth-order valence-electron chi connectivity index (χ4n) is 3.61. The van der Waals surface area contributed by atoms with Crippen molar-refractivity contribution in [2.45, 2.75) is 70.9 Å². The molecule has 0 unspecified atom stereocenters. The third-order valence-electron chi connectivity index (χ3n) is 4.90. The van der Waals surface area contributed by atoms with E-state index in [1.54, 1.807) is 4.57 Å². The molecule has 0 bridgehead atoms. The van der Waals surface area contributed by atoms with E-state index in [1.807, 2.05) is 6.92 Å². The van der Waals surface area contributed by atoms with Crippen LogP contribution in [-0.2, 0) is 13.1 Å². The van der Waals surface area contributed by atoms with Crippen molar-refractivity contribution < 1.29 is 0 Å². The van der Waals surface area contributed by atoms with E-state index in [4.69, 9.17) is 5.73 Å². The van der Waals surface area contributed by atoms with Gasteiger partial charge in [0.25, 0.3) is 5.56 Å². The smallest absolute Gasteiger partial charge is 0.332 e. The molecular weight excluding hydrogens is 306 g/mol. The molecule has 0 spiro atoms. The third kappa shape index (κ3) is 3.05. The first-order valence-corrected chi connectivity index (χ1v) is 9.10. The van der Waals surface area contributed by atoms with Crippen LogP contribution in [0, 0.1) is 0 Å². The molecule has 0 radical (unpaired) electrons. The molecule has 132 valence electrons. The van der Waals surface area contributed by atoms with E-state index in [9.17, 15) is 9.59 Å². The van der Waals surface area contributed by atoms with Gasteiger partial charge in [-0.1, -0.05) is 19.8 Å². The van der Waals surface area contributed by atoms with Gasteiger partial charge >= 0.3 is 5.69 Å². The van der Waals surface area contributed by atoms with Crippen molar-refractivity contribution >= 4 is 11.2 Å². The summed E-state index contributed by atoms with van der Waals surface area (Å²) in [6.45, 7) is 3.54. The van der Waals surface area contributed by atoms with Crippen molar-refractivity contribution in [3.05, 3.63) is 26.7 Å². The van der Waals surface area contributed by atoms with Gasteiger partial charge in [-0.25, -0.2) is 9.78 Å². The van der Waals surface area contributed by atoms with Crippen LogP contribution in [0.3, 0.4) is 0 Å². The van der Waals surface area contributed by atoms with Gasteiger partial charge in [-0.05, 0) is 38.6 Å². The maximum atomic E-state index is 12.8. The van der Waals surface area contributed by atoms with Crippen LogP contribution in [0.5, 0.6) is 0 Å². The average molecular weight is 333 g/mol. The molecular formula is C17H27N5O2. The van der Waals surface area contributed by atoms with Gasteiger partial charge in [-0.2, -0.15) is 0 Å². The van der Waals surface area contributed by atoms with Gasteiger partial charge in [0, 0.05) is 19.0 Å². The molecule has 3 rings (SSSR count). The first-order chi connectivity index (χ1) is 11.7. The van der Waals surface area contributed by atoms with Gasteiger partial charge < -0.3 is 10.7 Å². The number of fused-ring (bicyclic) bond motifs is 1. The molecule has 1 saturated carbocycles. The van der Waals surface area contributed by atoms with E-state index in [2.05, 4.69) is 9.97 Å². The predicted octanol–water partition coefficient (Wildman–Crippen LogP) is 1.69. The zero-order chi connectivity index (χ0) is 17.1. The Hall–Kier alpha value is -1.89. The van der Waals surface area contributed by atoms with Crippen LogP contribution in [0.4, 0.5) is 0 Å². The summed E-state index contributed by atoms with van der Waals surface area (Å²) in [4.78, 5) is 33.4. The maximum Gasteiger partial charge on any atom is 0.332 e. The number of aryl methyl sites for hydroxylation is 1. The highest BCUT2D eigenvalue weighted by atomic mass is 16.2. The number of aromatic nitrogens is 4. The Labute approximate surface area is 140 Å². The normalized spacial score (nSPS) is 15.6. The van der Waals surface area contributed by atoms with Crippen molar-refractivity contribution in [3.63, 3.8) is 0 Å². The van der Waals surface area contributed by atoms with Crippen LogP contribution in [0.25, 0.3) is 11.2 Å². The molecule has 7 heteroatoms. The monoisotopic (exact) mass is 333 g/mol. The second-order valence-corrected chi connectivity index (χ2v) is 6.69. The number of hydrogen-bond acceptors (Lipinski definition) is 4. The molecule has 7 nitrogen and oxygen atoms in total. The Morgan fingerprint density at radius 3 is 2.58 bits per heavy atom. The number of hydrogen-bond donors (Lipinski definition) is 2. The SMILES string of the molecule is CCCn1c(=O)c2[nH]c(C3CCCC3)nc2n(CCCCN)c1=O. The first-order valence-electron chi connectivity index (χ1n) is 9.10. The van der Waals surface area contributed by atoms with Crippen molar-refractivity contribution in [2.75, 3.05) is 6.54 Å². The standard InChI is InChI=1S/C17H27N5O2/c1-2-10-22-16(23)13-15(21(17(22)24)11-6-5-9-18)20-14(19-13)12-7-3-4-8-12/h12H,2-11,18H2,1H3,(H,19,20). The van der Waals surface area contributed by atoms with Crippen molar-refractivity contribution in [2.24, 2.45) is 5.73 Å². The molecule has 0 aromatic carbocycles. The van der Waals surface area contributed by atoms with Gasteiger partial charge in [0.15, 0.2) is 5.65 Å². The average Bonchev–Trinajstić information content (AvgIpc) is 3.23. The largest absolute Gasteiger partial charge is 0.336 e. The zero-order valence-electron chi connectivity index (χ0n) is 14.4. The molecule has 1 aliphatic carbocycles. The summed E-state index contributed by atoms with van der Waals surface area (Å²) < 4.78 is 2.98. The molecule has 2 aromatic heterocycles. The van der Waals surface area contributed by atoms with Crippen LogP contribution in [0.1, 0.15) is 63.6 Å². The molecule has 0 aliphatic heterocycles. The molecule has 1 fully saturated rings. The van der Waals surface area contributed by atoms with E-state index in [0.717, 1.165) is 37.9 Å². The topological polar surface area (TPSA) is 98.7 Å². The Balaban J connectivity index is 2.13. The number of rotatable bonds is 7. The lowest BCUT2D eigenvalue weighted by Gasteiger charge is -2.10. The van der Waals surface area contributed by atoms with Crippen molar-refractivity contribution in [1.29, 1.82) is 0 Å². The van der Waals surface area contributed by atoms with Crippen molar-refractivity contribution in [1.82, 2.24) is 19.1 Å². The highest BCUT2D eigenvalue weighted by Gasteiger charge is 2.23. The fourth-order valence-corrected chi connectivity index (χ4v) is 3.61. The Bertz CT molecular complexity index is 811. The van der Waals surface area contributed by atoms with Gasteiger partial charge in [0.1, 0.15) is 11.3 Å². The number of nitrogens with two attached hydrogens (primary N) is 1. The van der Waals surface area contributed by atoms with Crippen LogP contribution < -0.4 is 17.0 Å². The van der Waals surface area contributed by atoms with E-state index >= 15 is 0 Å². The number of H-pyrrole nitrogens is 1. The summed E-state index contributed by atoms with van der Waals surface area (Å²) in [6.07, 6.45) is 6.99. The van der Waals surface area contributed by atoms with Crippen molar-refractivity contribution in [3.8, 4) is 0 Å². The molecule has 0 amide bonds. The van der Waals surface area contributed by atoms with Crippen LogP contribution in [-0.4, -0.2) is 25.6 Å². The second-order valence-electron chi connectivity index (χ2n) is 6.69. The molecule has 3 N–H and O–H groups in total. The summed E-state index contributed by atoms with van der Waals surface area (Å²) in [5, 5.41) is 0. The lowest BCUT2D eigenvalue weighted by molar-refractivity contribution is 0.538. The second kappa shape index (κ2) is 7.34. The van der Waals surface area contributed by atoms with Gasteiger partial charge in [0.05, 0.1) is 0 Å². The molecule has 2 heterocycles. The minimum atomic E-state index is -0.254. The molecule has 24 heavy (non-hydrogen) atoms. The lowest BCUT2D eigenvalue weighted by atomic mass is 10.1. The minimum Gasteiger partial charge on any atom is -0.336 e. The highest BCUT2D eigenvalue weighted by molar-refractivity contribution is 5.70. The first kappa shape index (κ1) is 17.0. The van der Waals surface area contributed by atoms with Gasteiger partial charge in [0.2, 0.25) is 0 Å². The zero-order valence-corrected chi connectivity index (χ0v) is 14.4. The number of imidazole rings is 1. The highest BCUT2D eigenvalue weighted by Crippen LogP contribution is 2.32. The fraction of sp³-hybridized carbons (Fsp3) is 0.706. The Morgan fingerprint density at radius 1 is 1.17 bits per heavy atom. The quantitative estimate of drug-likeness (QED) is 0.753. The lowest BCUT2D eigenvalue weighted by Crippen LogP contribution is -2.40. The Kier molecular flexibility index (Phi) is 5.18. The van der Waals surface area contributed by atoms with Crippen LogP contribution >= 0.6 is 0 Å². The van der Waals surface area contributed by atoms with E-state index in [1.165, 1.54) is 17.4 Å². The summed E-state index contributed by atoms with van der Waals surface area (Å²) in [5.41, 5.74) is 6.05. The minimum absolute atomic E-state index is 0.247. The van der Waals surface area contributed by atoms with E-state index < -0.39 is 0 Å². The number of unbranched alkanes of at least 4 members (excludes halogenated alkanes) is 1. The van der Waals surface area contributed by atoms with Crippen LogP contribution in [0.2, 0.25) is 0 Å². The van der Waals surface area contributed by atoms with E-state index in [-0.39, 0.29) is 11.2 Å². The molecule has 0 saturated heterocycles. The summed E-state index contributed by atoms with van der Waals surface area (Å²) >= 11 is 0. The molecule has 1 aliphatic rings. The summed E-state index contributed by atoms with van der Waals surface area (Å²) in [6, 6.07) is 0. The molecule has 2 aromatic rings. The van der Waals surface area contributed by atoms with E-state index in [0.29, 0.717) is 36.7 Å². The summed E-state index contributed by atoms with van der Waals surface area (Å²) in [7, 11) is 0. The Morgan fingerprint density at radius 2 is 1.92 bits per heavy atom. The van der Waals surface area contributed by atoms with Gasteiger partial charge in [-0.15, -0.1) is 0 Å². The number of nitrogens with zero attached hydrogens (tertiary/aromatic N) is 3. The number of aromatic amines is 1. The molecule has 0 atom stereocenters. The van der Waals surface area contributed by atoms with Crippen LogP contribution in [0.15, 0.2) is 9.59 Å². The predicted molar refractivity (Wildman–Crippen MR) is 94.4 cm³/mol. The van der Waals surface area contributed by atoms with Gasteiger partial charge in [-0.3, -0.25) is 13.9 Å². The third-order valence-corrected chi connectivity index (χ3v) is 4.90. The maximum absolute atomic E-state index is 12.8. The summed E-state index contributed by atoms with van der Waals surface area (Å²) in [5.74, 6) is 1.24.